The van der Waals surface area contributed by atoms with Gasteiger partial charge in [-0.3, -0.25) is 9.59 Å². The fourth-order valence-corrected chi connectivity index (χ4v) is 2.60. The Balaban J connectivity index is 2.88. The standard InChI is InChI=1S/C20H28N2O2/c1-5-12-21(19(23)7-3)15-17-10-9-11-18(14-17)16-22(13-6-2)20(24)8-4/h7-11,14H,3-6,12-13,15-16H2,1-2H3. The van der Waals surface area contributed by atoms with Crippen molar-refractivity contribution >= 4 is 11.8 Å². The molecule has 0 radical (unpaired) electrons. The highest BCUT2D eigenvalue weighted by Crippen LogP contribution is 2.12. The summed E-state index contributed by atoms with van der Waals surface area (Å²) >= 11 is 0. The van der Waals surface area contributed by atoms with Gasteiger partial charge in [-0.15, -0.1) is 0 Å². The van der Waals surface area contributed by atoms with E-state index in [4.69, 9.17) is 0 Å². The van der Waals surface area contributed by atoms with E-state index in [9.17, 15) is 9.59 Å². The highest BCUT2D eigenvalue weighted by molar-refractivity contribution is 5.87. The van der Waals surface area contributed by atoms with Crippen LogP contribution >= 0.6 is 0 Å². The lowest BCUT2D eigenvalue weighted by Crippen LogP contribution is -2.30. The summed E-state index contributed by atoms with van der Waals surface area (Å²) in [6.07, 6.45) is 4.51. The Kier molecular flexibility index (Phi) is 8.55. The summed E-state index contributed by atoms with van der Waals surface area (Å²) in [5.74, 6) is -0.117. The SMILES string of the molecule is C=CC(=O)N(CCC)Cc1cccc(CN(CCC)C(=O)C=C)c1. The molecular formula is C20H28N2O2. The number of benzene rings is 1. The van der Waals surface area contributed by atoms with Crippen LogP contribution in [-0.4, -0.2) is 34.7 Å². The van der Waals surface area contributed by atoms with E-state index < -0.39 is 0 Å². The molecule has 0 aliphatic rings. The third kappa shape index (κ3) is 6.03. The van der Waals surface area contributed by atoms with Gasteiger partial charge in [-0.2, -0.15) is 0 Å². The summed E-state index contributed by atoms with van der Waals surface area (Å²) in [5, 5.41) is 0. The van der Waals surface area contributed by atoms with Gasteiger partial charge in [-0.1, -0.05) is 51.3 Å². The molecule has 4 heteroatoms. The highest BCUT2D eigenvalue weighted by atomic mass is 16.2. The van der Waals surface area contributed by atoms with Crippen LogP contribution in [0.3, 0.4) is 0 Å². The zero-order chi connectivity index (χ0) is 17.9. The van der Waals surface area contributed by atoms with E-state index in [0.717, 1.165) is 24.0 Å². The molecule has 0 aliphatic heterocycles. The first-order chi connectivity index (χ1) is 11.5. The number of hydrogen-bond donors (Lipinski definition) is 0. The lowest BCUT2D eigenvalue weighted by molar-refractivity contribution is -0.127. The molecule has 0 fully saturated rings. The second-order valence-electron chi connectivity index (χ2n) is 5.75. The van der Waals surface area contributed by atoms with Gasteiger partial charge in [0.2, 0.25) is 11.8 Å². The van der Waals surface area contributed by atoms with Crippen LogP contribution in [0.2, 0.25) is 0 Å². The topological polar surface area (TPSA) is 40.6 Å². The molecule has 1 aromatic rings. The fourth-order valence-electron chi connectivity index (χ4n) is 2.60. The average Bonchev–Trinajstić information content (AvgIpc) is 2.60. The maximum Gasteiger partial charge on any atom is 0.246 e. The molecule has 0 bridgehead atoms. The number of amides is 2. The maximum absolute atomic E-state index is 11.9. The number of carbonyl (C=O) groups is 2. The van der Waals surface area contributed by atoms with E-state index in [1.165, 1.54) is 12.2 Å². The Morgan fingerprint density at radius 2 is 1.33 bits per heavy atom. The lowest BCUT2D eigenvalue weighted by atomic mass is 10.1. The normalized spacial score (nSPS) is 10.1. The zero-order valence-corrected chi connectivity index (χ0v) is 14.8. The van der Waals surface area contributed by atoms with Gasteiger partial charge in [0.1, 0.15) is 0 Å². The first kappa shape index (κ1) is 19.7. The second-order valence-corrected chi connectivity index (χ2v) is 5.75. The van der Waals surface area contributed by atoms with Crippen molar-refractivity contribution in [2.24, 2.45) is 0 Å². The van der Waals surface area contributed by atoms with Gasteiger partial charge in [0, 0.05) is 26.2 Å². The van der Waals surface area contributed by atoms with Crippen molar-refractivity contribution in [3.05, 3.63) is 60.7 Å². The largest absolute Gasteiger partial charge is 0.335 e. The quantitative estimate of drug-likeness (QED) is 0.616. The molecule has 130 valence electrons. The lowest BCUT2D eigenvalue weighted by Gasteiger charge is -2.23. The summed E-state index contributed by atoms with van der Waals surface area (Å²) in [4.78, 5) is 27.4. The average molecular weight is 328 g/mol. The van der Waals surface area contributed by atoms with Gasteiger partial charge < -0.3 is 9.80 Å². The van der Waals surface area contributed by atoms with Crippen LogP contribution in [0, 0.1) is 0 Å². The molecule has 0 spiro atoms. The van der Waals surface area contributed by atoms with E-state index >= 15 is 0 Å². The second kappa shape index (κ2) is 10.4. The summed E-state index contributed by atoms with van der Waals surface area (Å²) in [5.41, 5.74) is 2.11. The van der Waals surface area contributed by atoms with Crippen molar-refractivity contribution in [2.45, 2.75) is 39.8 Å². The van der Waals surface area contributed by atoms with Crippen LogP contribution < -0.4 is 0 Å². The van der Waals surface area contributed by atoms with E-state index in [0.29, 0.717) is 26.2 Å². The van der Waals surface area contributed by atoms with Crippen molar-refractivity contribution in [2.75, 3.05) is 13.1 Å². The van der Waals surface area contributed by atoms with E-state index in [1.54, 1.807) is 9.80 Å². The molecule has 0 atom stereocenters. The van der Waals surface area contributed by atoms with Crippen LogP contribution in [0.1, 0.15) is 37.8 Å². The van der Waals surface area contributed by atoms with Crippen LogP contribution in [0.4, 0.5) is 0 Å². The number of carbonyl (C=O) groups excluding carboxylic acids is 2. The molecule has 0 heterocycles. The van der Waals surface area contributed by atoms with E-state index in [1.807, 2.05) is 32.0 Å². The number of rotatable bonds is 10. The van der Waals surface area contributed by atoms with Crippen LogP contribution in [0.15, 0.2) is 49.6 Å². The van der Waals surface area contributed by atoms with Crippen molar-refractivity contribution in [3.8, 4) is 0 Å². The minimum Gasteiger partial charge on any atom is -0.335 e. The smallest absolute Gasteiger partial charge is 0.246 e. The molecule has 1 rings (SSSR count). The molecule has 1 aromatic carbocycles. The summed E-state index contributed by atoms with van der Waals surface area (Å²) in [6.45, 7) is 13.7. The van der Waals surface area contributed by atoms with Gasteiger partial charge in [-0.05, 0) is 36.1 Å². The summed E-state index contributed by atoms with van der Waals surface area (Å²) in [6, 6.07) is 8.03. The molecule has 24 heavy (non-hydrogen) atoms. The molecule has 4 nitrogen and oxygen atoms in total. The Morgan fingerprint density at radius 1 is 0.917 bits per heavy atom. The van der Waals surface area contributed by atoms with Gasteiger partial charge in [0.05, 0.1) is 0 Å². The molecule has 0 aromatic heterocycles. The fraction of sp³-hybridized carbons (Fsp3) is 0.400. The van der Waals surface area contributed by atoms with Crippen LogP contribution in [0.5, 0.6) is 0 Å². The monoisotopic (exact) mass is 328 g/mol. The van der Waals surface area contributed by atoms with Crippen molar-refractivity contribution in [3.63, 3.8) is 0 Å². The molecule has 0 N–H and O–H groups in total. The Labute approximate surface area is 145 Å². The molecule has 0 saturated carbocycles. The number of hydrogen-bond acceptors (Lipinski definition) is 2. The van der Waals surface area contributed by atoms with Crippen molar-refractivity contribution in [1.29, 1.82) is 0 Å². The predicted octanol–water partition coefficient (Wildman–Crippen LogP) is 3.54. The minimum atomic E-state index is -0.0586. The Bertz CT molecular complexity index is 534. The van der Waals surface area contributed by atoms with Crippen LogP contribution in [-0.2, 0) is 22.7 Å². The summed E-state index contributed by atoms with van der Waals surface area (Å²) in [7, 11) is 0. The maximum atomic E-state index is 11.9. The molecule has 0 unspecified atom stereocenters. The van der Waals surface area contributed by atoms with Crippen LogP contribution in [0.25, 0.3) is 0 Å². The molecule has 2 amide bonds. The molecule has 0 saturated heterocycles. The van der Waals surface area contributed by atoms with Gasteiger partial charge in [-0.25, -0.2) is 0 Å². The third-order valence-electron chi connectivity index (χ3n) is 3.70. The molecule has 0 aliphatic carbocycles. The zero-order valence-electron chi connectivity index (χ0n) is 14.8. The van der Waals surface area contributed by atoms with Crippen molar-refractivity contribution in [1.82, 2.24) is 9.80 Å². The minimum absolute atomic E-state index is 0.0586. The Morgan fingerprint density at radius 3 is 1.67 bits per heavy atom. The van der Waals surface area contributed by atoms with Gasteiger partial charge in [0.15, 0.2) is 0 Å². The first-order valence-corrected chi connectivity index (χ1v) is 8.46. The molecular weight excluding hydrogens is 300 g/mol. The van der Waals surface area contributed by atoms with E-state index in [-0.39, 0.29) is 11.8 Å². The van der Waals surface area contributed by atoms with Gasteiger partial charge >= 0.3 is 0 Å². The van der Waals surface area contributed by atoms with Gasteiger partial charge in [0.25, 0.3) is 0 Å². The van der Waals surface area contributed by atoms with E-state index in [2.05, 4.69) is 19.2 Å². The highest BCUT2D eigenvalue weighted by Gasteiger charge is 2.12. The van der Waals surface area contributed by atoms with Crippen molar-refractivity contribution < 1.29 is 9.59 Å². The first-order valence-electron chi connectivity index (χ1n) is 8.46. The Hall–Kier alpha value is -2.36. The predicted molar refractivity (Wildman–Crippen MR) is 98.3 cm³/mol. The number of nitrogens with zero attached hydrogens (tertiary/aromatic N) is 2. The summed E-state index contributed by atoms with van der Waals surface area (Å²) < 4.78 is 0. The third-order valence-corrected chi connectivity index (χ3v) is 3.70.